The summed E-state index contributed by atoms with van der Waals surface area (Å²) >= 11 is 0. The summed E-state index contributed by atoms with van der Waals surface area (Å²) in [5, 5.41) is 4.74. The van der Waals surface area contributed by atoms with Crippen molar-refractivity contribution >= 4 is 16.9 Å². The normalized spacial score (nSPS) is 19.5. The summed E-state index contributed by atoms with van der Waals surface area (Å²) in [4.78, 5) is 24.2. The Balaban J connectivity index is 1.42. The molecule has 6 nitrogen and oxygen atoms in total. The third kappa shape index (κ3) is 3.20. The van der Waals surface area contributed by atoms with Crippen LogP contribution in [0.25, 0.3) is 22.3 Å². The Morgan fingerprint density at radius 1 is 1.00 bits per heavy atom. The fraction of sp³-hybridized carbons (Fsp3) is 0.280. The average Bonchev–Trinajstić information content (AvgIpc) is 3.13. The van der Waals surface area contributed by atoms with Crippen LogP contribution in [0.4, 0.5) is 8.78 Å². The molecule has 2 aliphatic rings. The van der Waals surface area contributed by atoms with Gasteiger partial charge in [-0.3, -0.25) is 19.4 Å². The van der Waals surface area contributed by atoms with E-state index in [0.29, 0.717) is 28.8 Å². The van der Waals surface area contributed by atoms with Crippen molar-refractivity contribution in [2.75, 3.05) is 0 Å². The number of hydrogen-bond acceptors (Lipinski definition) is 4. The number of carbonyl (C=O) groups is 1. The zero-order valence-electron chi connectivity index (χ0n) is 18.0. The zero-order chi connectivity index (χ0) is 22.7. The van der Waals surface area contributed by atoms with Crippen LogP contribution in [0.15, 0.2) is 48.8 Å². The summed E-state index contributed by atoms with van der Waals surface area (Å²) in [6, 6.07) is 8.78. The fourth-order valence-corrected chi connectivity index (χ4v) is 5.45. The van der Waals surface area contributed by atoms with Gasteiger partial charge >= 0.3 is 0 Å². The van der Waals surface area contributed by atoms with Crippen LogP contribution in [0.1, 0.15) is 46.9 Å². The largest absolute Gasteiger partial charge is 0.327 e. The Kier molecular flexibility index (Phi) is 4.50. The molecule has 0 spiro atoms. The number of rotatable bonds is 2. The predicted molar refractivity (Wildman–Crippen MR) is 118 cm³/mol. The molecule has 1 amide bonds. The van der Waals surface area contributed by atoms with Crippen molar-refractivity contribution in [2.45, 2.75) is 37.8 Å². The summed E-state index contributed by atoms with van der Waals surface area (Å²) in [7, 11) is 1.79. The second kappa shape index (κ2) is 7.43. The summed E-state index contributed by atoms with van der Waals surface area (Å²) in [6.07, 6.45) is 6.53. The van der Waals surface area contributed by atoms with E-state index in [4.69, 9.17) is 5.10 Å². The molecule has 0 radical (unpaired) electrons. The Hall–Kier alpha value is -3.68. The molecule has 33 heavy (non-hydrogen) atoms. The molecule has 0 unspecified atom stereocenters. The van der Waals surface area contributed by atoms with Gasteiger partial charge in [-0.15, -0.1) is 0 Å². The minimum atomic E-state index is -0.618. The molecule has 4 heterocycles. The zero-order valence-corrected chi connectivity index (χ0v) is 18.0. The van der Waals surface area contributed by atoms with Crippen molar-refractivity contribution in [3.8, 4) is 11.3 Å². The third-order valence-corrected chi connectivity index (χ3v) is 6.76. The molecule has 2 aliphatic heterocycles. The van der Waals surface area contributed by atoms with Crippen molar-refractivity contribution < 1.29 is 13.6 Å². The molecule has 2 aromatic carbocycles. The second-order valence-electron chi connectivity index (χ2n) is 8.77. The molecular formula is C25H21F2N5O. The van der Waals surface area contributed by atoms with Gasteiger partial charge in [-0.05, 0) is 56.0 Å². The monoisotopic (exact) mass is 445 g/mol. The molecule has 1 saturated heterocycles. The highest BCUT2D eigenvalue weighted by atomic mass is 19.1. The lowest BCUT2D eigenvalue weighted by Gasteiger charge is -2.45. The molecular weight excluding hydrogens is 424 g/mol. The minimum Gasteiger partial charge on any atom is -0.327 e. The number of benzene rings is 2. The number of aromatic nitrogens is 4. The molecule has 2 aromatic heterocycles. The van der Waals surface area contributed by atoms with E-state index >= 15 is 0 Å². The first-order valence-corrected chi connectivity index (χ1v) is 11.1. The first kappa shape index (κ1) is 20.0. The standard InChI is InChI=1S/C25H21F2N5O/c1-31-24(15-9-16(26)12-17(27)10-15)19-13-18-3-2-4-22(23(19)30-31)32(18)25(33)14-5-6-20-21(11-14)29-8-7-28-20/h5-12,18,22H,2-4,13H2,1H3/t18-,22+/m1/s1. The highest BCUT2D eigenvalue weighted by Crippen LogP contribution is 2.45. The van der Waals surface area contributed by atoms with E-state index in [1.165, 1.54) is 12.1 Å². The van der Waals surface area contributed by atoms with Gasteiger partial charge in [-0.2, -0.15) is 5.10 Å². The summed E-state index contributed by atoms with van der Waals surface area (Å²) in [5.74, 6) is -1.29. The number of halogens is 2. The van der Waals surface area contributed by atoms with Crippen LogP contribution >= 0.6 is 0 Å². The quantitative estimate of drug-likeness (QED) is 0.452. The second-order valence-corrected chi connectivity index (χ2v) is 8.77. The average molecular weight is 445 g/mol. The Labute approximate surface area is 188 Å². The van der Waals surface area contributed by atoms with E-state index in [9.17, 15) is 13.6 Å². The van der Waals surface area contributed by atoms with E-state index in [2.05, 4.69) is 9.97 Å². The molecule has 4 aromatic rings. The van der Waals surface area contributed by atoms with Gasteiger partial charge in [0.15, 0.2) is 0 Å². The van der Waals surface area contributed by atoms with Crippen LogP contribution in [0.2, 0.25) is 0 Å². The van der Waals surface area contributed by atoms with Crippen LogP contribution in [-0.2, 0) is 13.5 Å². The lowest BCUT2D eigenvalue weighted by molar-refractivity contribution is 0.0392. The van der Waals surface area contributed by atoms with E-state index < -0.39 is 11.6 Å². The first-order valence-electron chi connectivity index (χ1n) is 11.1. The van der Waals surface area contributed by atoms with Crippen LogP contribution < -0.4 is 0 Å². The maximum atomic E-state index is 13.9. The van der Waals surface area contributed by atoms with Crippen molar-refractivity contribution in [3.05, 3.63) is 77.2 Å². The minimum absolute atomic E-state index is 0.00246. The van der Waals surface area contributed by atoms with E-state index in [-0.39, 0.29) is 18.0 Å². The summed E-state index contributed by atoms with van der Waals surface area (Å²) in [6.45, 7) is 0. The molecule has 166 valence electrons. The lowest BCUT2D eigenvalue weighted by atomic mass is 9.81. The fourth-order valence-electron chi connectivity index (χ4n) is 5.45. The predicted octanol–water partition coefficient (Wildman–Crippen LogP) is 4.60. The Morgan fingerprint density at radius 2 is 1.76 bits per heavy atom. The van der Waals surface area contributed by atoms with Gasteiger partial charge in [-0.25, -0.2) is 8.78 Å². The molecule has 0 saturated carbocycles. The van der Waals surface area contributed by atoms with Crippen LogP contribution in [0.5, 0.6) is 0 Å². The Morgan fingerprint density at radius 3 is 2.55 bits per heavy atom. The summed E-state index contributed by atoms with van der Waals surface area (Å²) in [5.41, 5.74) is 4.98. The highest BCUT2D eigenvalue weighted by molar-refractivity contribution is 5.98. The van der Waals surface area contributed by atoms with Crippen LogP contribution in [0, 0.1) is 11.6 Å². The molecule has 8 heteroatoms. The number of amides is 1. The number of hydrogen-bond donors (Lipinski definition) is 0. The number of aryl methyl sites for hydroxylation is 1. The van der Waals surface area contributed by atoms with Gasteiger partial charge in [-0.1, -0.05) is 0 Å². The Bertz CT molecular complexity index is 1400. The summed E-state index contributed by atoms with van der Waals surface area (Å²) < 4.78 is 29.6. The van der Waals surface area contributed by atoms with Gasteiger partial charge in [0.25, 0.3) is 5.91 Å². The molecule has 2 bridgehead atoms. The molecule has 0 aliphatic carbocycles. The molecule has 6 rings (SSSR count). The van der Waals surface area contributed by atoms with Crippen molar-refractivity contribution in [2.24, 2.45) is 7.05 Å². The molecule has 1 fully saturated rings. The van der Waals surface area contributed by atoms with Gasteiger partial charge in [0.05, 0.1) is 28.5 Å². The van der Waals surface area contributed by atoms with Gasteiger partial charge in [0.1, 0.15) is 11.6 Å². The van der Waals surface area contributed by atoms with E-state index in [1.807, 2.05) is 11.0 Å². The van der Waals surface area contributed by atoms with Gasteiger partial charge in [0, 0.05) is 48.2 Å². The lowest BCUT2D eigenvalue weighted by Crippen LogP contribution is -2.49. The van der Waals surface area contributed by atoms with Crippen LogP contribution in [0.3, 0.4) is 0 Å². The number of nitrogens with zero attached hydrogens (tertiary/aromatic N) is 5. The maximum Gasteiger partial charge on any atom is 0.254 e. The molecule has 0 N–H and O–H groups in total. The van der Waals surface area contributed by atoms with E-state index in [0.717, 1.165) is 42.1 Å². The molecule has 2 atom stereocenters. The number of piperidine rings is 1. The number of carbonyl (C=O) groups excluding carboxylic acids is 1. The maximum absolute atomic E-state index is 13.9. The first-order chi connectivity index (χ1) is 16.0. The van der Waals surface area contributed by atoms with Gasteiger partial charge < -0.3 is 4.90 Å². The van der Waals surface area contributed by atoms with Crippen molar-refractivity contribution in [1.29, 1.82) is 0 Å². The SMILES string of the molecule is Cn1nc2c(c1-c1cc(F)cc(F)c1)C[C@H]1CCC[C@@H]2N1C(=O)c1ccc2nccnc2c1. The van der Waals surface area contributed by atoms with Crippen LogP contribution in [-0.4, -0.2) is 36.6 Å². The topological polar surface area (TPSA) is 63.9 Å². The third-order valence-electron chi connectivity index (χ3n) is 6.76. The van der Waals surface area contributed by atoms with E-state index in [1.54, 1.807) is 36.3 Å². The number of fused-ring (bicyclic) bond motifs is 5. The smallest absolute Gasteiger partial charge is 0.254 e. The van der Waals surface area contributed by atoms with Crippen molar-refractivity contribution in [3.63, 3.8) is 0 Å². The van der Waals surface area contributed by atoms with Gasteiger partial charge in [0.2, 0.25) is 0 Å². The van der Waals surface area contributed by atoms with Crippen molar-refractivity contribution in [1.82, 2.24) is 24.6 Å². The highest BCUT2D eigenvalue weighted by Gasteiger charge is 2.43.